The number of nitrogens with one attached hydrogen (secondary N) is 1. The zero-order valence-corrected chi connectivity index (χ0v) is 17.1. The lowest BCUT2D eigenvalue weighted by Gasteiger charge is -2.14. The summed E-state index contributed by atoms with van der Waals surface area (Å²) in [5.41, 5.74) is 1.86. The van der Waals surface area contributed by atoms with Gasteiger partial charge >= 0.3 is 5.97 Å². The first-order valence-electron chi connectivity index (χ1n) is 9.53. The predicted octanol–water partition coefficient (Wildman–Crippen LogP) is 4.76. The highest BCUT2D eigenvalue weighted by atomic mass is 32.2. The van der Waals surface area contributed by atoms with Crippen LogP contribution in [0.2, 0.25) is 0 Å². The van der Waals surface area contributed by atoms with Crippen molar-refractivity contribution in [3.05, 3.63) is 34.2 Å². The van der Waals surface area contributed by atoms with Gasteiger partial charge < -0.3 is 9.84 Å². The molecule has 7 heteroatoms. The Morgan fingerprint density at radius 2 is 1.82 bits per heavy atom. The summed E-state index contributed by atoms with van der Waals surface area (Å²) in [6.07, 6.45) is 9.44. The second-order valence-corrected chi connectivity index (χ2v) is 7.98. The molecular weight excluding hydrogens is 378 g/mol. The summed E-state index contributed by atoms with van der Waals surface area (Å²) in [6.45, 7) is 1.94. The van der Waals surface area contributed by atoms with E-state index in [2.05, 4.69) is 5.32 Å². The van der Waals surface area contributed by atoms with Crippen LogP contribution < -0.4 is 10.1 Å². The average molecular weight is 406 g/mol. The summed E-state index contributed by atoms with van der Waals surface area (Å²) >= 11 is 0.907. The highest BCUT2D eigenvalue weighted by Crippen LogP contribution is 2.27. The zero-order chi connectivity index (χ0) is 20.5. The van der Waals surface area contributed by atoms with Gasteiger partial charge in [-0.3, -0.25) is 19.7 Å². The number of carbonyl (C=O) groups is 3. The van der Waals surface area contributed by atoms with Crippen LogP contribution in [-0.4, -0.2) is 29.3 Å². The number of aliphatic carboxylic acids is 1. The molecule has 0 aromatic heterocycles. The molecule has 0 unspecified atom stereocenters. The summed E-state index contributed by atoms with van der Waals surface area (Å²) < 4.78 is 5.19. The number of methoxy groups -OCH3 is 1. The third kappa shape index (κ3) is 6.71. The largest absolute Gasteiger partial charge is 0.496 e. The molecule has 28 heavy (non-hydrogen) atoms. The summed E-state index contributed by atoms with van der Waals surface area (Å²) in [5, 5.41) is 10.6. The van der Waals surface area contributed by atoms with Gasteiger partial charge in [-0.25, -0.2) is 0 Å². The van der Waals surface area contributed by atoms with Gasteiger partial charge in [-0.05, 0) is 54.8 Å². The molecule has 1 saturated carbocycles. The van der Waals surface area contributed by atoms with Crippen LogP contribution in [-0.2, 0) is 9.59 Å². The smallest absolute Gasteiger partial charge is 0.306 e. The molecule has 2 aliphatic rings. The first kappa shape index (κ1) is 22.0. The topological polar surface area (TPSA) is 92.7 Å². The van der Waals surface area contributed by atoms with E-state index in [1.807, 2.05) is 25.1 Å². The average Bonchev–Trinajstić information content (AvgIpc) is 2.93. The number of hydrogen-bond acceptors (Lipinski definition) is 5. The molecule has 1 aromatic carbocycles. The fourth-order valence-electron chi connectivity index (χ4n) is 3.20. The fraction of sp³-hybridized carbons (Fsp3) is 0.476. The van der Waals surface area contributed by atoms with Crippen LogP contribution in [0.5, 0.6) is 5.75 Å². The van der Waals surface area contributed by atoms with Gasteiger partial charge in [0, 0.05) is 0 Å². The Kier molecular flexibility index (Phi) is 8.57. The minimum Gasteiger partial charge on any atom is -0.496 e. The fourth-order valence-corrected chi connectivity index (χ4v) is 3.88. The zero-order valence-electron chi connectivity index (χ0n) is 16.3. The van der Waals surface area contributed by atoms with Crippen molar-refractivity contribution in [2.75, 3.05) is 7.11 Å². The van der Waals surface area contributed by atoms with E-state index >= 15 is 0 Å². The van der Waals surface area contributed by atoms with Crippen LogP contribution in [0.3, 0.4) is 0 Å². The molecule has 3 rings (SSSR count). The number of carboxylic acid groups (broad SMARTS) is 1. The summed E-state index contributed by atoms with van der Waals surface area (Å²) in [5.74, 6) is -0.226. The molecule has 1 aromatic rings. The molecule has 0 spiro atoms. The van der Waals surface area contributed by atoms with Crippen molar-refractivity contribution < 1.29 is 24.2 Å². The molecule has 6 nitrogen and oxygen atoms in total. The minimum absolute atomic E-state index is 0.0460. The van der Waals surface area contributed by atoms with E-state index in [9.17, 15) is 14.4 Å². The van der Waals surface area contributed by atoms with Crippen molar-refractivity contribution in [2.45, 2.75) is 51.9 Å². The number of benzene rings is 1. The van der Waals surface area contributed by atoms with Crippen molar-refractivity contribution in [3.8, 4) is 5.75 Å². The molecule has 1 aliphatic heterocycles. The number of imide groups is 1. The van der Waals surface area contributed by atoms with Gasteiger partial charge in [-0.2, -0.15) is 0 Å². The van der Waals surface area contributed by atoms with Crippen LogP contribution in [0.15, 0.2) is 23.1 Å². The van der Waals surface area contributed by atoms with Gasteiger partial charge in [-0.15, -0.1) is 0 Å². The van der Waals surface area contributed by atoms with Gasteiger partial charge in [0.05, 0.1) is 17.9 Å². The lowest BCUT2D eigenvalue weighted by molar-refractivity contribution is -0.142. The maximum absolute atomic E-state index is 11.4. The van der Waals surface area contributed by atoms with Crippen molar-refractivity contribution in [3.63, 3.8) is 0 Å². The number of hydrogen-bond donors (Lipinski definition) is 2. The number of carbonyl (C=O) groups excluding carboxylic acids is 2. The molecule has 0 atom stereocenters. The van der Waals surface area contributed by atoms with E-state index in [0.29, 0.717) is 4.91 Å². The minimum atomic E-state index is -0.591. The van der Waals surface area contributed by atoms with Crippen molar-refractivity contribution in [2.24, 2.45) is 5.92 Å². The first-order valence-corrected chi connectivity index (χ1v) is 10.3. The van der Waals surface area contributed by atoms with Crippen molar-refractivity contribution in [1.29, 1.82) is 0 Å². The van der Waals surface area contributed by atoms with Crippen molar-refractivity contribution >= 4 is 35.0 Å². The SMILES string of the molecule is COc1cc(/C=C2\SC(=O)NC2=O)ccc1C.O=C(O)C1CCCCCCC1. The number of ether oxygens (including phenoxy) is 1. The van der Waals surface area contributed by atoms with Crippen LogP contribution >= 0.6 is 11.8 Å². The summed E-state index contributed by atoms with van der Waals surface area (Å²) in [6, 6.07) is 5.62. The van der Waals surface area contributed by atoms with E-state index < -0.39 is 5.97 Å². The second kappa shape index (κ2) is 10.9. The maximum Gasteiger partial charge on any atom is 0.306 e. The van der Waals surface area contributed by atoms with E-state index in [1.54, 1.807) is 13.2 Å². The van der Waals surface area contributed by atoms with E-state index in [1.165, 1.54) is 19.3 Å². The maximum atomic E-state index is 11.4. The Balaban J connectivity index is 0.000000221. The van der Waals surface area contributed by atoms with Crippen LogP contribution in [0.25, 0.3) is 6.08 Å². The molecule has 2 amide bonds. The van der Waals surface area contributed by atoms with Gasteiger partial charge in [0.1, 0.15) is 5.75 Å². The van der Waals surface area contributed by atoms with Gasteiger partial charge in [0.15, 0.2) is 0 Å². The van der Waals surface area contributed by atoms with Crippen LogP contribution in [0.4, 0.5) is 4.79 Å². The molecule has 2 fully saturated rings. The summed E-state index contributed by atoms with van der Waals surface area (Å²) in [4.78, 5) is 33.4. The lowest BCUT2D eigenvalue weighted by Crippen LogP contribution is -2.17. The lowest BCUT2D eigenvalue weighted by atomic mass is 9.91. The molecule has 1 saturated heterocycles. The molecule has 2 N–H and O–H groups in total. The highest BCUT2D eigenvalue weighted by molar-refractivity contribution is 8.18. The quantitative estimate of drug-likeness (QED) is 0.705. The van der Waals surface area contributed by atoms with Gasteiger partial charge in [0.25, 0.3) is 11.1 Å². The third-order valence-electron chi connectivity index (χ3n) is 4.83. The molecule has 0 radical (unpaired) electrons. The van der Waals surface area contributed by atoms with Crippen molar-refractivity contribution in [1.82, 2.24) is 5.32 Å². The van der Waals surface area contributed by atoms with E-state index in [0.717, 1.165) is 54.3 Å². The van der Waals surface area contributed by atoms with E-state index in [-0.39, 0.29) is 17.1 Å². The van der Waals surface area contributed by atoms with Crippen LogP contribution in [0, 0.1) is 12.8 Å². The van der Waals surface area contributed by atoms with Gasteiger partial charge in [-0.1, -0.05) is 44.2 Å². The Morgan fingerprint density at radius 3 is 2.36 bits per heavy atom. The summed E-state index contributed by atoms with van der Waals surface area (Å²) in [7, 11) is 1.60. The number of amides is 2. The normalized spacial score (nSPS) is 19.3. The van der Waals surface area contributed by atoms with E-state index in [4.69, 9.17) is 9.84 Å². The molecule has 1 heterocycles. The Hall–Kier alpha value is -2.28. The Labute approximate surface area is 169 Å². The molecule has 152 valence electrons. The Morgan fingerprint density at radius 1 is 1.18 bits per heavy atom. The number of aryl methyl sites for hydroxylation is 1. The Bertz CT molecular complexity index is 751. The van der Waals surface area contributed by atoms with Crippen LogP contribution in [0.1, 0.15) is 56.1 Å². The third-order valence-corrected chi connectivity index (χ3v) is 5.64. The standard InChI is InChI=1S/C12H11NO3S.C9H16O2/c1-7-3-4-8(5-9(7)16-2)6-10-11(14)13-12(15)17-10;10-9(11)8-6-4-2-1-3-5-7-8/h3-6H,1-2H3,(H,13,14,15);8H,1-7H2,(H,10,11)/b10-6-;. The monoisotopic (exact) mass is 405 g/mol. The molecule has 1 aliphatic carbocycles. The number of carboxylic acids is 1. The molecule has 0 bridgehead atoms. The molecular formula is C21H27NO5S. The predicted molar refractivity (Wildman–Crippen MR) is 110 cm³/mol. The van der Waals surface area contributed by atoms with Gasteiger partial charge in [0.2, 0.25) is 0 Å². The first-order chi connectivity index (χ1) is 13.4. The second-order valence-electron chi connectivity index (χ2n) is 6.96. The number of thioether (sulfide) groups is 1. The highest BCUT2D eigenvalue weighted by Gasteiger charge is 2.24. The number of rotatable bonds is 3.